The number of benzene rings is 1. The van der Waals surface area contributed by atoms with E-state index in [2.05, 4.69) is 20.6 Å². The predicted octanol–water partition coefficient (Wildman–Crippen LogP) is 2.46. The second kappa shape index (κ2) is 7.54. The zero-order chi connectivity index (χ0) is 15.1. The lowest BCUT2D eigenvalue weighted by molar-refractivity contribution is 0.178. The van der Waals surface area contributed by atoms with Crippen LogP contribution in [0.5, 0.6) is 0 Å². The maximum absolute atomic E-state index is 13.1. The first-order chi connectivity index (χ1) is 10.2. The van der Waals surface area contributed by atoms with Crippen LogP contribution in [0.4, 0.5) is 16.0 Å². The molecule has 0 aliphatic heterocycles. The van der Waals surface area contributed by atoms with Crippen molar-refractivity contribution in [2.45, 2.75) is 13.0 Å². The molecule has 1 aromatic carbocycles. The first-order valence-electron chi connectivity index (χ1n) is 6.74. The summed E-state index contributed by atoms with van der Waals surface area (Å²) >= 11 is 0. The van der Waals surface area contributed by atoms with Crippen molar-refractivity contribution in [3.8, 4) is 0 Å². The number of aromatic nitrogens is 2. The Morgan fingerprint density at radius 3 is 2.71 bits per heavy atom. The van der Waals surface area contributed by atoms with Crippen LogP contribution in [0.25, 0.3) is 0 Å². The van der Waals surface area contributed by atoms with Crippen LogP contribution < -0.4 is 10.6 Å². The number of halogens is 1. The Balaban J connectivity index is 1.97. The highest BCUT2D eigenvalue weighted by atomic mass is 19.1. The van der Waals surface area contributed by atoms with Gasteiger partial charge in [0.05, 0.1) is 0 Å². The molecule has 5 nitrogen and oxygen atoms in total. The van der Waals surface area contributed by atoms with Crippen molar-refractivity contribution >= 4 is 11.6 Å². The van der Waals surface area contributed by atoms with Gasteiger partial charge in [-0.1, -0.05) is 12.1 Å². The van der Waals surface area contributed by atoms with E-state index in [9.17, 15) is 4.39 Å². The smallest absolute Gasteiger partial charge is 0.158 e. The number of hydrogen-bond acceptors (Lipinski definition) is 5. The molecule has 0 bridgehead atoms. The van der Waals surface area contributed by atoms with E-state index in [1.165, 1.54) is 12.1 Å². The van der Waals surface area contributed by atoms with Crippen LogP contribution in [0, 0.1) is 5.82 Å². The summed E-state index contributed by atoms with van der Waals surface area (Å²) in [5.41, 5.74) is 0.947. The van der Waals surface area contributed by atoms with Crippen molar-refractivity contribution in [3.63, 3.8) is 0 Å². The minimum Gasteiger partial charge on any atom is -0.377 e. The second-order valence-corrected chi connectivity index (χ2v) is 4.54. The van der Waals surface area contributed by atoms with E-state index in [4.69, 9.17) is 4.74 Å². The zero-order valence-electron chi connectivity index (χ0n) is 12.2. The molecule has 21 heavy (non-hydrogen) atoms. The standard InChI is InChI=1S/C15H19FN4O/c1-17-13-9-14(20-15(19-13)10-21-2)18-7-6-11-4-3-5-12(16)8-11/h3-5,8-9H,6-7,10H2,1-2H3,(H2,17,18,19,20). The number of anilines is 2. The van der Waals surface area contributed by atoms with E-state index < -0.39 is 0 Å². The third-order valence-corrected chi connectivity index (χ3v) is 2.91. The highest BCUT2D eigenvalue weighted by molar-refractivity contribution is 5.47. The van der Waals surface area contributed by atoms with Crippen molar-refractivity contribution < 1.29 is 9.13 Å². The van der Waals surface area contributed by atoms with Gasteiger partial charge in [-0.25, -0.2) is 14.4 Å². The van der Waals surface area contributed by atoms with Crippen LogP contribution in [0.3, 0.4) is 0 Å². The fraction of sp³-hybridized carbons (Fsp3) is 0.333. The third kappa shape index (κ3) is 4.68. The molecule has 1 heterocycles. The Kier molecular flexibility index (Phi) is 5.45. The van der Waals surface area contributed by atoms with Crippen LogP contribution >= 0.6 is 0 Å². The van der Waals surface area contributed by atoms with E-state index >= 15 is 0 Å². The van der Waals surface area contributed by atoms with E-state index in [0.29, 0.717) is 19.0 Å². The van der Waals surface area contributed by atoms with Crippen molar-refractivity contribution in [1.29, 1.82) is 0 Å². The highest BCUT2D eigenvalue weighted by Gasteiger charge is 2.03. The van der Waals surface area contributed by atoms with Crippen molar-refractivity contribution in [1.82, 2.24) is 9.97 Å². The van der Waals surface area contributed by atoms with Crippen LogP contribution in [0.15, 0.2) is 30.3 Å². The normalized spacial score (nSPS) is 10.4. The molecule has 2 rings (SSSR count). The molecule has 0 atom stereocenters. The summed E-state index contributed by atoms with van der Waals surface area (Å²) in [7, 11) is 3.40. The summed E-state index contributed by atoms with van der Waals surface area (Å²) in [6.45, 7) is 1.02. The summed E-state index contributed by atoms with van der Waals surface area (Å²) in [6, 6.07) is 8.42. The van der Waals surface area contributed by atoms with Gasteiger partial charge in [0.1, 0.15) is 24.1 Å². The minimum atomic E-state index is -0.214. The molecule has 2 N–H and O–H groups in total. The van der Waals surface area contributed by atoms with Gasteiger partial charge < -0.3 is 15.4 Å². The van der Waals surface area contributed by atoms with Gasteiger partial charge in [-0.3, -0.25) is 0 Å². The number of hydrogen-bond donors (Lipinski definition) is 2. The lowest BCUT2D eigenvalue weighted by Gasteiger charge is -2.09. The monoisotopic (exact) mass is 290 g/mol. The average molecular weight is 290 g/mol. The molecule has 0 spiro atoms. The van der Waals surface area contributed by atoms with E-state index in [-0.39, 0.29) is 5.82 Å². The van der Waals surface area contributed by atoms with Crippen LogP contribution in [-0.4, -0.2) is 30.7 Å². The molecule has 0 aliphatic carbocycles. The van der Waals surface area contributed by atoms with E-state index in [1.54, 1.807) is 20.2 Å². The average Bonchev–Trinajstić information content (AvgIpc) is 2.47. The van der Waals surface area contributed by atoms with Crippen molar-refractivity contribution in [2.24, 2.45) is 0 Å². The Labute approximate surface area is 123 Å². The van der Waals surface area contributed by atoms with Gasteiger partial charge in [0, 0.05) is 26.8 Å². The van der Waals surface area contributed by atoms with Gasteiger partial charge in [0.25, 0.3) is 0 Å². The lowest BCUT2D eigenvalue weighted by Crippen LogP contribution is -2.10. The molecule has 0 saturated heterocycles. The quantitative estimate of drug-likeness (QED) is 0.820. The van der Waals surface area contributed by atoms with E-state index in [0.717, 1.165) is 23.6 Å². The molecule has 0 saturated carbocycles. The SMILES string of the molecule is CNc1cc(NCCc2cccc(F)c2)nc(COC)n1. The molecule has 1 aromatic heterocycles. The summed E-state index contributed by atoms with van der Waals surface area (Å²) in [4.78, 5) is 8.64. The third-order valence-electron chi connectivity index (χ3n) is 2.91. The largest absolute Gasteiger partial charge is 0.377 e. The van der Waals surface area contributed by atoms with Gasteiger partial charge in [-0.05, 0) is 24.1 Å². The number of nitrogens with one attached hydrogen (secondary N) is 2. The lowest BCUT2D eigenvalue weighted by atomic mass is 10.1. The first-order valence-corrected chi connectivity index (χ1v) is 6.74. The van der Waals surface area contributed by atoms with Crippen LogP contribution in [-0.2, 0) is 17.8 Å². The Morgan fingerprint density at radius 2 is 2.00 bits per heavy atom. The minimum absolute atomic E-state index is 0.214. The number of nitrogens with zero attached hydrogens (tertiary/aromatic N) is 2. The molecule has 112 valence electrons. The fourth-order valence-corrected chi connectivity index (χ4v) is 1.94. The Hall–Kier alpha value is -2.21. The second-order valence-electron chi connectivity index (χ2n) is 4.54. The number of rotatable bonds is 7. The molecular weight excluding hydrogens is 271 g/mol. The van der Waals surface area contributed by atoms with Gasteiger partial charge in [-0.15, -0.1) is 0 Å². The highest BCUT2D eigenvalue weighted by Crippen LogP contribution is 2.12. The number of methoxy groups -OCH3 is 1. The van der Waals surface area contributed by atoms with Gasteiger partial charge in [0.2, 0.25) is 0 Å². The first kappa shape index (κ1) is 15.2. The molecule has 0 unspecified atom stereocenters. The summed E-state index contributed by atoms with van der Waals surface area (Å²) < 4.78 is 18.1. The van der Waals surface area contributed by atoms with Gasteiger partial charge in [0.15, 0.2) is 5.82 Å². The van der Waals surface area contributed by atoms with Crippen LogP contribution in [0.2, 0.25) is 0 Å². The van der Waals surface area contributed by atoms with Crippen molar-refractivity contribution in [2.75, 3.05) is 31.3 Å². The predicted molar refractivity (Wildman–Crippen MR) is 80.9 cm³/mol. The summed E-state index contributed by atoms with van der Waals surface area (Å²) in [5, 5.41) is 6.20. The maximum atomic E-state index is 13.1. The maximum Gasteiger partial charge on any atom is 0.158 e. The van der Waals surface area contributed by atoms with Gasteiger partial charge >= 0.3 is 0 Å². The zero-order valence-corrected chi connectivity index (χ0v) is 12.2. The molecule has 0 radical (unpaired) electrons. The molecule has 6 heteroatoms. The van der Waals surface area contributed by atoms with Crippen LogP contribution in [0.1, 0.15) is 11.4 Å². The topological polar surface area (TPSA) is 59.1 Å². The summed E-state index contributed by atoms with van der Waals surface area (Å²) in [5.74, 6) is 1.84. The summed E-state index contributed by atoms with van der Waals surface area (Å²) in [6.07, 6.45) is 0.719. The molecular formula is C15H19FN4O. The Bertz CT molecular complexity index is 592. The van der Waals surface area contributed by atoms with Gasteiger partial charge in [-0.2, -0.15) is 0 Å². The molecule has 0 aliphatic rings. The molecule has 0 fully saturated rings. The molecule has 0 amide bonds. The molecule has 2 aromatic rings. The Morgan fingerprint density at radius 1 is 1.19 bits per heavy atom. The van der Waals surface area contributed by atoms with Crippen molar-refractivity contribution in [3.05, 3.63) is 47.5 Å². The number of ether oxygens (including phenoxy) is 1. The van der Waals surface area contributed by atoms with E-state index in [1.807, 2.05) is 12.1 Å². The fourth-order valence-electron chi connectivity index (χ4n) is 1.94.